The fraction of sp³-hybridized carbons (Fsp3) is 0.273. The maximum Gasteiger partial charge on any atom is 0.268 e. The summed E-state index contributed by atoms with van der Waals surface area (Å²) in [5, 5.41) is 10.0. The number of nitrogens with zero attached hydrogens (tertiary/aromatic N) is 6. The molecular weight excluding hydrogens is 410 g/mol. The van der Waals surface area contributed by atoms with Gasteiger partial charge in [0.25, 0.3) is 5.91 Å². The number of carbonyl (C=O) groups excluding carboxylic acids is 1. The molecule has 8 nitrogen and oxygen atoms in total. The van der Waals surface area contributed by atoms with E-state index in [1.165, 1.54) is 11.3 Å². The number of pyridine rings is 1. The number of anilines is 2. The molecule has 158 valence electrons. The molecule has 1 aromatic carbocycles. The molecule has 1 fully saturated rings. The second kappa shape index (κ2) is 7.75. The number of hydrogen-bond acceptors (Lipinski definition) is 7. The summed E-state index contributed by atoms with van der Waals surface area (Å²) in [4.78, 5) is 26.5. The number of hydrogen-bond donors (Lipinski definition) is 1. The van der Waals surface area contributed by atoms with Gasteiger partial charge < -0.3 is 15.1 Å². The predicted octanol–water partition coefficient (Wildman–Crippen LogP) is 3.09. The molecular formula is C22H23N7OS. The molecule has 4 aromatic rings. The number of aromatic nitrogens is 4. The summed E-state index contributed by atoms with van der Waals surface area (Å²) in [7, 11) is 6.06. The highest BCUT2D eigenvalue weighted by molar-refractivity contribution is 7.17. The summed E-state index contributed by atoms with van der Waals surface area (Å²) >= 11 is 1.41. The van der Waals surface area contributed by atoms with Gasteiger partial charge in [-0.2, -0.15) is 5.10 Å². The summed E-state index contributed by atoms with van der Waals surface area (Å²) < 4.78 is 1.78. The van der Waals surface area contributed by atoms with Crippen molar-refractivity contribution in [1.29, 1.82) is 0 Å². The van der Waals surface area contributed by atoms with Crippen LogP contribution in [0.15, 0.2) is 49.1 Å². The van der Waals surface area contributed by atoms with Crippen molar-refractivity contribution in [1.82, 2.24) is 24.6 Å². The lowest BCUT2D eigenvalue weighted by Gasteiger charge is -2.42. The molecule has 1 amide bonds. The zero-order chi connectivity index (χ0) is 21.5. The van der Waals surface area contributed by atoms with Crippen LogP contribution in [0.4, 0.5) is 10.9 Å². The fourth-order valence-electron chi connectivity index (χ4n) is 3.59. The van der Waals surface area contributed by atoms with Crippen LogP contribution >= 0.6 is 11.3 Å². The lowest BCUT2D eigenvalue weighted by atomic mass is 10.1. The van der Waals surface area contributed by atoms with Crippen LogP contribution in [0.2, 0.25) is 0 Å². The number of aryl methyl sites for hydroxylation is 1. The van der Waals surface area contributed by atoms with E-state index in [1.807, 2.05) is 31.6 Å². The Morgan fingerprint density at radius 1 is 1.10 bits per heavy atom. The Morgan fingerprint density at radius 2 is 1.94 bits per heavy atom. The summed E-state index contributed by atoms with van der Waals surface area (Å²) in [5.41, 5.74) is 2.12. The van der Waals surface area contributed by atoms with Gasteiger partial charge in [-0.25, -0.2) is 9.97 Å². The Balaban J connectivity index is 1.31. The van der Waals surface area contributed by atoms with Crippen molar-refractivity contribution in [3.8, 4) is 11.1 Å². The van der Waals surface area contributed by atoms with Crippen molar-refractivity contribution in [3.05, 3.63) is 53.9 Å². The number of nitrogens with one attached hydrogen (secondary N) is 1. The Morgan fingerprint density at radius 3 is 2.68 bits per heavy atom. The van der Waals surface area contributed by atoms with Crippen LogP contribution in [0.3, 0.4) is 0 Å². The minimum absolute atomic E-state index is 0.191. The highest BCUT2D eigenvalue weighted by atomic mass is 32.1. The van der Waals surface area contributed by atoms with Crippen LogP contribution in [0, 0.1) is 0 Å². The Bertz CT molecular complexity index is 1260. The quantitative estimate of drug-likeness (QED) is 0.521. The van der Waals surface area contributed by atoms with Crippen molar-refractivity contribution >= 4 is 39.0 Å². The summed E-state index contributed by atoms with van der Waals surface area (Å²) in [6.45, 7) is 1.88. The maximum absolute atomic E-state index is 12.7. The van der Waals surface area contributed by atoms with Crippen molar-refractivity contribution in [3.63, 3.8) is 0 Å². The first-order valence-corrected chi connectivity index (χ1v) is 10.9. The summed E-state index contributed by atoms with van der Waals surface area (Å²) in [6.07, 6.45) is 7.23. The molecule has 1 N–H and O–H groups in total. The lowest BCUT2D eigenvalue weighted by Crippen LogP contribution is -2.57. The number of carbonyl (C=O) groups is 1. The van der Waals surface area contributed by atoms with E-state index < -0.39 is 0 Å². The molecule has 0 atom stereocenters. The molecule has 0 aliphatic carbocycles. The zero-order valence-electron chi connectivity index (χ0n) is 17.6. The average molecular weight is 434 g/mol. The van der Waals surface area contributed by atoms with Gasteiger partial charge in [0.05, 0.1) is 12.4 Å². The molecule has 3 aromatic heterocycles. The molecule has 0 radical (unpaired) electrons. The SMILES string of the molecule is CN(C)C1CN(c2ncc(C(=O)Nc3cc4cc(-c5cnn(C)c5)ccc4cn3)s2)C1. The topological polar surface area (TPSA) is 79.2 Å². The van der Waals surface area contributed by atoms with Gasteiger partial charge in [-0.1, -0.05) is 23.5 Å². The number of benzene rings is 1. The predicted molar refractivity (Wildman–Crippen MR) is 124 cm³/mol. The van der Waals surface area contributed by atoms with Crippen LogP contribution in [0.25, 0.3) is 21.9 Å². The van der Waals surface area contributed by atoms with Gasteiger partial charge in [0.15, 0.2) is 5.13 Å². The van der Waals surface area contributed by atoms with Gasteiger partial charge in [0.2, 0.25) is 0 Å². The molecule has 0 unspecified atom stereocenters. The minimum Gasteiger partial charge on any atom is -0.345 e. The number of amides is 1. The molecule has 31 heavy (non-hydrogen) atoms. The van der Waals surface area contributed by atoms with Gasteiger partial charge in [-0.05, 0) is 37.2 Å². The molecule has 0 bridgehead atoms. The molecule has 0 saturated carbocycles. The van der Waals surface area contributed by atoms with E-state index in [2.05, 4.69) is 56.4 Å². The van der Waals surface area contributed by atoms with E-state index in [0.717, 1.165) is 40.1 Å². The second-order valence-electron chi connectivity index (χ2n) is 8.02. The molecule has 1 saturated heterocycles. The Labute approximate surface area is 184 Å². The first-order valence-electron chi connectivity index (χ1n) is 10.0. The highest BCUT2D eigenvalue weighted by Gasteiger charge is 2.30. The number of likely N-dealkylation sites (N-methyl/N-ethyl adjacent to an activating group) is 1. The van der Waals surface area contributed by atoms with E-state index in [0.29, 0.717) is 16.7 Å². The summed E-state index contributed by atoms with van der Waals surface area (Å²) in [6, 6.07) is 8.60. The van der Waals surface area contributed by atoms with Crippen LogP contribution in [-0.2, 0) is 7.05 Å². The van der Waals surface area contributed by atoms with E-state index >= 15 is 0 Å². The minimum atomic E-state index is -0.191. The molecule has 1 aliphatic heterocycles. The van der Waals surface area contributed by atoms with Crippen LogP contribution < -0.4 is 10.2 Å². The first-order chi connectivity index (χ1) is 15.0. The van der Waals surface area contributed by atoms with E-state index in [1.54, 1.807) is 17.1 Å². The highest BCUT2D eigenvalue weighted by Crippen LogP contribution is 2.29. The monoisotopic (exact) mass is 433 g/mol. The Kier molecular flexibility index (Phi) is 4.91. The lowest BCUT2D eigenvalue weighted by molar-refractivity contribution is 0.103. The second-order valence-corrected chi connectivity index (χ2v) is 9.03. The van der Waals surface area contributed by atoms with E-state index in [9.17, 15) is 4.79 Å². The van der Waals surface area contributed by atoms with Crippen LogP contribution in [-0.4, -0.2) is 63.8 Å². The standard InChI is InChI=1S/C22H23N7OS/c1-27(2)18-12-29(13-18)22-24-10-19(31-22)21(30)26-20-7-16-6-14(4-5-15(16)8-23-20)17-9-25-28(3)11-17/h4-11,18H,12-13H2,1-3H3,(H,23,26,30). The molecule has 0 spiro atoms. The third-order valence-corrected chi connectivity index (χ3v) is 6.64. The van der Waals surface area contributed by atoms with Gasteiger partial charge in [0, 0.05) is 49.5 Å². The van der Waals surface area contributed by atoms with Crippen LogP contribution in [0.5, 0.6) is 0 Å². The zero-order valence-corrected chi connectivity index (χ0v) is 18.4. The fourth-order valence-corrected chi connectivity index (χ4v) is 4.42. The van der Waals surface area contributed by atoms with Crippen molar-refractivity contribution in [2.24, 2.45) is 7.05 Å². The largest absolute Gasteiger partial charge is 0.345 e. The third-order valence-electron chi connectivity index (χ3n) is 5.58. The van der Waals surface area contributed by atoms with E-state index in [-0.39, 0.29) is 5.91 Å². The average Bonchev–Trinajstić information content (AvgIpc) is 3.35. The molecule has 1 aliphatic rings. The molecule has 5 rings (SSSR count). The molecule has 4 heterocycles. The normalized spacial score (nSPS) is 14.3. The van der Waals surface area contributed by atoms with Crippen molar-refractivity contribution in [2.45, 2.75) is 6.04 Å². The Hall–Kier alpha value is -3.30. The number of rotatable bonds is 5. The summed E-state index contributed by atoms with van der Waals surface area (Å²) in [5.74, 6) is 0.330. The van der Waals surface area contributed by atoms with Gasteiger partial charge in [0.1, 0.15) is 10.7 Å². The smallest absolute Gasteiger partial charge is 0.268 e. The van der Waals surface area contributed by atoms with Gasteiger partial charge in [-0.15, -0.1) is 0 Å². The van der Waals surface area contributed by atoms with Crippen molar-refractivity contribution < 1.29 is 4.79 Å². The van der Waals surface area contributed by atoms with E-state index in [4.69, 9.17) is 0 Å². The third kappa shape index (κ3) is 3.89. The maximum atomic E-state index is 12.7. The number of fused-ring (bicyclic) bond motifs is 1. The molecule has 9 heteroatoms. The van der Waals surface area contributed by atoms with Gasteiger partial charge >= 0.3 is 0 Å². The first kappa shape index (κ1) is 19.7. The van der Waals surface area contributed by atoms with Crippen LogP contribution in [0.1, 0.15) is 9.67 Å². The number of thiazole rings is 1. The van der Waals surface area contributed by atoms with Crippen molar-refractivity contribution in [2.75, 3.05) is 37.4 Å². The van der Waals surface area contributed by atoms with Gasteiger partial charge in [-0.3, -0.25) is 9.48 Å².